The van der Waals surface area contributed by atoms with E-state index in [2.05, 4.69) is 31.5 Å². The average molecular weight is 447 g/mol. The molecule has 2 aromatic heterocycles. The highest BCUT2D eigenvalue weighted by Gasteiger charge is 2.22. The third-order valence-corrected chi connectivity index (χ3v) is 4.48. The summed E-state index contributed by atoms with van der Waals surface area (Å²) < 4.78 is 12.7. The van der Waals surface area contributed by atoms with Crippen molar-refractivity contribution in [1.29, 1.82) is 0 Å². The number of benzene rings is 1. The molecule has 0 aliphatic heterocycles. The Morgan fingerprint density at radius 1 is 1.32 bits per heavy atom. The zero-order chi connectivity index (χ0) is 20.1. The normalized spacial score (nSPS) is 11.7. The van der Waals surface area contributed by atoms with Crippen LogP contribution < -0.4 is 15.4 Å². The molecule has 1 aromatic carbocycles. The van der Waals surface area contributed by atoms with Gasteiger partial charge in [-0.3, -0.25) is 9.59 Å². The molecule has 28 heavy (non-hydrogen) atoms. The highest BCUT2D eigenvalue weighted by molar-refractivity contribution is 9.10. The van der Waals surface area contributed by atoms with Crippen molar-refractivity contribution in [3.05, 3.63) is 70.6 Å². The van der Waals surface area contributed by atoms with E-state index in [1.54, 1.807) is 25.6 Å². The summed E-state index contributed by atoms with van der Waals surface area (Å²) in [4.78, 5) is 28.9. The number of aromatic nitrogens is 2. The number of methoxy groups -OCH3 is 1. The molecule has 0 fully saturated rings. The van der Waals surface area contributed by atoms with E-state index in [4.69, 9.17) is 9.15 Å². The van der Waals surface area contributed by atoms with Gasteiger partial charge in [-0.1, -0.05) is 12.1 Å². The lowest BCUT2D eigenvalue weighted by Crippen LogP contribution is -2.39. The molecule has 2 heterocycles. The predicted octanol–water partition coefficient (Wildman–Crippen LogP) is 2.42. The molecule has 3 aromatic rings. The van der Waals surface area contributed by atoms with Crippen LogP contribution in [0.4, 0.5) is 0 Å². The summed E-state index contributed by atoms with van der Waals surface area (Å²) in [5.74, 6) is 0.601. The number of hydrogen-bond donors (Lipinski definition) is 2. The van der Waals surface area contributed by atoms with Gasteiger partial charge in [0.15, 0.2) is 10.4 Å². The number of nitrogens with one attached hydrogen (secondary N) is 2. The molecule has 3 rings (SSSR count). The first-order valence-corrected chi connectivity index (χ1v) is 9.21. The number of carbonyl (C=O) groups is 2. The Morgan fingerprint density at radius 2 is 2.14 bits per heavy atom. The van der Waals surface area contributed by atoms with E-state index < -0.39 is 11.9 Å². The van der Waals surface area contributed by atoms with Crippen LogP contribution in [0.5, 0.6) is 5.75 Å². The summed E-state index contributed by atoms with van der Waals surface area (Å²) in [7, 11) is 3.42. The Labute approximate surface area is 170 Å². The van der Waals surface area contributed by atoms with Gasteiger partial charge < -0.3 is 24.4 Å². The maximum atomic E-state index is 12.5. The molecule has 146 valence electrons. The lowest BCUT2D eigenvalue weighted by atomic mass is 10.1. The van der Waals surface area contributed by atoms with E-state index in [9.17, 15) is 9.59 Å². The van der Waals surface area contributed by atoms with E-state index >= 15 is 0 Å². The summed E-state index contributed by atoms with van der Waals surface area (Å²) in [6.07, 6.45) is 3.45. The number of ether oxygens (including phenoxy) is 1. The topological polar surface area (TPSA) is 98.4 Å². The van der Waals surface area contributed by atoms with Crippen LogP contribution in [0.15, 0.2) is 57.9 Å². The Kier molecular flexibility index (Phi) is 6.15. The third-order valence-electron chi connectivity index (χ3n) is 4.06. The summed E-state index contributed by atoms with van der Waals surface area (Å²) in [6, 6.07) is 9.99. The smallest absolute Gasteiger partial charge is 0.287 e. The molecule has 2 N–H and O–H groups in total. The molecule has 8 nitrogen and oxygen atoms in total. The highest BCUT2D eigenvalue weighted by Crippen LogP contribution is 2.24. The number of imidazole rings is 1. The molecule has 0 saturated carbocycles. The van der Waals surface area contributed by atoms with Crippen molar-refractivity contribution >= 4 is 27.7 Å². The van der Waals surface area contributed by atoms with Crippen LogP contribution in [0.2, 0.25) is 0 Å². The zero-order valence-electron chi connectivity index (χ0n) is 15.3. The number of amides is 2. The van der Waals surface area contributed by atoms with Crippen LogP contribution in [0.3, 0.4) is 0 Å². The Balaban J connectivity index is 1.73. The van der Waals surface area contributed by atoms with E-state index in [1.165, 1.54) is 6.07 Å². The van der Waals surface area contributed by atoms with Crippen molar-refractivity contribution in [2.24, 2.45) is 7.05 Å². The summed E-state index contributed by atoms with van der Waals surface area (Å²) in [5.41, 5.74) is 0.809. The molecular formula is C19H19BrN4O4. The van der Waals surface area contributed by atoms with Gasteiger partial charge in [0, 0.05) is 19.4 Å². The van der Waals surface area contributed by atoms with Crippen molar-refractivity contribution in [1.82, 2.24) is 20.2 Å². The monoisotopic (exact) mass is 446 g/mol. The standard InChI is InChI=1S/C19H19BrN4O4/c1-24-9-8-21-18(24)17(12-4-3-5-13(10-12)27-2)23-16(25)11-22-19(26)14-6-7-15(20)28-14/h3-10,17H,11H2,1-2H3,(H,22,26)(H,23,25)/t17-/m1/s1. The van der Waals surface area contributed by atoms with Gasteiger partial charge in [0.1, 0.15) is 17.6 Å². The van der Waals surface area contributed by atoms with Gasteiger partial charge in [0.2, 0.25) is 5.91 Å². The summed E-state index contributed by atoms with van der Waals surface area (Å²) in [5, 5.41) is 5.44. The molecule has 0 radical (unpaired) electrons. The quantitative estimate of drug-likeness (QED) is 0.580. The Bertz CT molecular complexity index is 982. The van der Waals surface area contributed by atoms with Crippen molar-refractivity contribution in [3.63, 3.8) is 0 Å². The lowest BCUT2D eigenvalue weighted by molar-refractivity contribution is -0.120. The number of furan rings is 1. The van der Waals surface area contributed by atoms with Gasteiger partial charge in [0.05, 0.1) is 13.7 Å². The van der Waals surface area contributed by atoms with Gasteiger partial charge in [-0.25, -0.2) is 4.98 Å². The third kappa shape index (κ3) is 4.61. The second kappa shape index (κ2) is 8.75. The van der Waals surface area contributed by atoms with Crippen LogP contribution >= 0.6 is 15.9 Å². The number of nitrogens with zero attached hydrogens (tertiary/aromatic N) is 2. The van der Waals surface area contributed by atoms with Crippen LogP contribution in [-0.4, -0.2) is 35.0 Å². The van der Waals surface area contributed by atoms with Crippen molar-refractivity contribution in [2.45, 2.75) is 6.04 Å². The van der Waals surface area contributed by atoms with Crippen molar-refractivity contribution in [3.8, 4) is 5.75 Å². The Hall–Kier alpha value is -3.07. The minimum atomic E-state index is -0.503. The predicted molar refractivity (Wildman–Crippen MR) is 105 cm³/mol. The highest BCUT2D eigenvalue weighted by atomic mass is 79.9. The second-order valence-electron chi connectivity index (χ2n) is 5.96. The second-order valence-corrected chi connectivity index (χ2v) is 6.74. The number of rotatable bonds is 7. The van der Waals surface area contributed by atoms with Gasteiger partial charge >= 0.3 is 0 Å². The molecule has 0 spiro atoms. The van der Waals surface area contributed by atoms with E-state index in [0.717, 1.165) is 5.56 Å². The molecule has 9 heteroatoms. The summed E-state index contributed by atoms with van der Waals surface area (Å²) in [6.45, 7) is -0.206. The number of halogens is 1. The molecule has 0 unspecified atom stereocenters. The first kappa shape index (κ1) is 19.7. The fourth-order valence-corrected chi connectivity index (χ4v) is 2.98. The molecule has 0 aliphatic rings. The fourth-order valence-electron chi connectivity index (χ4n) is 2.67. The first-order valence-electron chi connectivity index (χ1n) is 8.42. The van der Waals surface area contributed by atoms with Crippen LogP contribution in [0.25, 0.3) is 0 Å². The number of carbonyl (C=O) groups excluding carboxylic acids is 2. The van der Waals surface area contributed by atoms with Gasteiger partial charge in [0.25, 0.3) is 5.91 Å². The van der Waals surface area contributed by atoms with E-state index in [0.29, 0.717) is 16.2 Å². The van der Waals surface area contributed by atoms with Crippen LogP contribution in [0.1, 0.15) is 28.0 Å². The Morgan fingerprint density at radius 3 is 2.79 bits per heavy atom. The molecule has 0 aliphatic carbocycles. The van der Waals surface area contributed by atoms with Gasteiger partial charge in [-0.15, -0.1) is 0 Å². The maximum absolute atomic E-state index is 12.5. The van der Waals surface area contributed by atoms with E-state index in [1.807, 2.05) is 35.9 Å². The SMILES string of the molecule is COc1cccc([C@@H](NC(=O)CNC(=O)c2ccc(Br)o2)c2nccn2C)c1. The molecule has 2 amide bonds. The fraction of sp³-hybridized carbons (Fsp3) is 0.211. The van der Waals surface area contributed by atoms with E-state index in [-0.39, 0.29) is 18.2 Å². The van der Waals surface area contributed by atoms with Gasteiger partial charge in [-0.05, 0) is 45.8 Å². The number of aryl methyl sites for hydroxylation is 1. The zero-order valence-corrected chi connectivity index (χ0v) is 16.9. The van der Waals surface area contributed by atoms with Gasteiger partial charge in [-0.2, -0.15) is 0 Å². The maximum Gasteiger partial charge on any atom is 0.287 e. The summed E-state index contributed by atoms with van der Waals surface area (Å²) >= 11 is 3.13. The largest absolute Gasteiger partial charge is 0.497 e. The van der Waals surface area contributed by atoms with Crippen molar-refractivity contribution in [2.75, 3.05) is 13.7 Å². The molecule has 1 atom stereocenters. The first-order chi connectivity index (χ1) is 13.5. The molecule has 0 saturated heterocycles. The molecular weight excluding hydrogens is 428 g/mol. The van der Waals surface area contributed by atoms with Crippen LogP contribution in [0, 0.1) is 0 Å². The van der Waals surface area contributed by atoms with Crippen molar-refractivity contribution < 1.29 is 18.7 Å². The average Bonchev–Trinajstić information content (AvgIpc) is 3.32. The molecule has 0 bridgehead atoms. The number of hydrogen-bond acceptors (Lipinski definition) is 5. The minimum absolute atomic E-state index is 0.119. The lowest BCUT2D eigenvalue weighted by Gasteiger charge is -2.20. The van der Waals surface area contributed by atoms with Crippen LogP contribution in [-0.2, 0) is 11.8 Å². The minimum Gasteiger partial charge on any atom is -0.497 e.